The van der Waals surface area contributed by atoms with Gasteiger partial charge in [0.15, 0.2) is 5.82 Å². The molecule has 0 aliphatic heterocycles. The Labute approximate surface area is 107 Å². The van der Waals surface area contributed by atoms with Crippen LogP contribution in [0.5, 0.6) is 0 Å². The van der Waals surface area contributed by atoms with Crippen molar-refractivity contribution in [1.82, 2.24) is 4.98 Å². The Morgan fingerprint density at radius 3 is 2.82 bits per heavy atom. The number of anilines is 3. The fourth-order valence-corrected chi connectivity index (χ4v) is 1.73. The quantitative estimate of drug-likeness (QED) is 0.890. The Hall–Kier alpha value is -1.62. The van der Waals surface area contributed by atoms with E-state index < -0.39 is 0 Å². The molecule has 1 aromatic carbocycles. The van der Waals surface area contributed by atoms with Crippen LogP contribution in [0.1, 0.15) is 5.69 Å². The SMILES string of the molecule is Cc1ccc(N)c(Nc2cc(F)ccc2Br)n1. The summed E-state index contributed by atoms with van der Waals surface area (Å²) in [7, 11) is 0. The molecule has 0 saturated carbocycles. The number of halogens is 2. The zero-order valence-electron chi connectivity index (χ0n) is 9.17. The number of nitrogen functional groups attached to an aromatic ring is 1. The first-order valence-electron chi connectivity index (χ1n) is 5.01. The van der Waals surface area contributed by atoms with Gasteiger partial charge >= 0.3 is 0 Å². The lowest BCUT2D eigenvalue weighted by atomic mass is 10.3. The molecule has 0 aliphatic rings. The standard InChI is InChI=1S/C12H11BrFN3/c1-7-2-5-10(15)12(16-7)17-11-6-8(14)3-4-9(11)13/h2-6H,15H2,1H3,(H,16,17). The number of pyridine rings is 1. The van der Waals surface area contributed by atoms with Crippen LogP contribution < -0.4 is 11.1 Å². The van der Waals surface area contributed by atoms with E-state index in [1.165, 1.54) is 12.1 Å². The van der Waals surface area contributed by atoms with Crippen LogP contribution in [0.3, 0.4) is 0 Å². The van der Waals surface area contributed by atoms with Gasteiger partial charge in [-0.2, -0.15) is 0 Å². The summed E-state index contributed by atoms with van der Waals surface area (Å²) >= 11 is 3.33. The van der Waals surface area contributed by atoms with Gasteiger partial charge in [-0.3, -0.25) is 0 Å². The molecule has 0 aliphatic carbocycles. The molecule has 0 radical (unpaired) electrons. The number of benzene rings is 1. The van der Waals surface area contributed by atoms with Crippen molar-refractivity contribution >= 4 is 33.1 Å². The van der Waals surface area contributed by atoms with E-state index >= 15 is 0 Å². The van der Waals surface area contributed by atoms with Crippen LogP contribution in [0.25, 0.3) is 0 Å². The molecule has 2 rings (SSSR count). The van der Waals surface area contributed by atoms with Crippen LogP contribution >= 0.6 is 15.9 Å². The fourth-order valence-electron chi connectivity index (χ4n) is 1.39. The van der Waals surface area contributed by atoms with Crippen molar-refractivity contribution in [2.75, 3.05) is 11.1 Å². The van der Waals surface area contributed by atoms with Gasteiger partial charge in [-0.25, -0.2) is 9.37 Å². The van der Waals surface area contributed by atoms with E-state index in [4.69, 9.17) is 5.73 Å². The number of aromatic nitrogens is 1. The third-order valence-electron chi connectivity index (χ3n) is 2.25. The average molecular weight is 296 g/mol. The van der Waals surface area contributed by atoms with Gasteiger partial charge in [-0.05, 0) is 53.2 Å². The highest BCUT2D eigenvalue weighted by atomic mass is 79.9. The number of nitrogens with two attached hydrogens (primary N) is 1. The molecule has 0 saturated heterocycles. The van der Waals surface area contributed by atoms with E-state index in [2.05, 4.69) is 26.2 Å². The highest BCUT2D eigenvalue weighted by molar-refractivity contribution is 9.10. The second-order valence-electron chi connectivity index (χ2n) is 3.64. The van der Waals surface area contributed by atoms with E-state index in [0.717, 1.165) is 10.2 Å². The monoisotopic (exact) mass is 295 g/mol. The van der Waals surface area contributed by atoms with Crippen molar-refractivity contribution in [2.24, 2.45) is 0 Å². The number of aryl methyl sites for hydroxylation is 1. The van der Waals surface area contributed by atoms with E-state index in [1.54, 1.807) is 12.1 Å². The summed E-state index contributed by atoms with van der Waals surface area (Å²) in [4.78, 5) is 4.26. The van der Waals surface area contributed by atoms with Crippen LogP contribution in [-0.2, 0) is 0 Å². The lowest BCUT2D eigenvalue weighted by molar-refractivity contribution is 0.628. The molecule has 0 atom stereocenters. The Morgan fingerprint density at radius 1 is 1.29 bits per heavy atom. The Balaban J connectivity index is 2.37. The Bertz CT molecular complexity index is 508. The maximum Gasteiger partial charge on any atom is 0.153 e. The van der Waals surface area contributed by atoms with E-state index in [0.29, 0.717) is 17.2 Å². The first-order valence-corrected chi connectivity index (χ1v) is 5.81. The minimum atomic E-state index is -0.318. The fraction of sp³-hybridized carbons (Fsp3) is 0.0833. The predicted octanol–water partition coefficient (Wildman–Crippen LogP) is 3.62. The van der Waals surface area contributed by atoms with Crippen LogP contribution in [-0.4, -0.2) is 4.98 Å². The summed E-state index contributed by atoms with van der Waals surface area (Å²) < 4.78 is 13.9. The molecule has 1 heterocycles. The van der Waals surface area contributed by atoms with Crippen molar-refractivity contribution in [2.45, 2.75) is 6.92 Å². The number of rotatable bonds is 2. The molecule has 5 heteroatoms. The first-order chi connectivity index (χ1) is 8.06. The Kier molecular flexibility index (Phi) is 3.28. The third kappa shape index (κ3) is 2.74. The van der Waals surface area contributed by atoms with Gasteiger partial charge in [0.05, 0.1) is 11.4 Å². The van der Waals surface area contributed by atoms with Gasteiger partial charge in [-0.1, -0.05) is 0 Å². The molecule has 0 unspecified atom stereocenters. The number of hydrogen-bond acceptors (Lipinski definition) is 3. The summed E-state index contributed by atoms with van der Waals surface area (Å²) in [5, 5.41) is 3.00. The molecule has 0 fully saturated rings. The van der Waals surface area contributed by atoms with Crippen LogP contribution in [0.15, 0.2) is 34.8 Å². The molecule has 17 heavy (non-hydrogen) atoms. The van der Waals surface area contributed by atoms with Gasteiger partial charge in [0.2, 0.25) is 0 Å². The zero-order valence-corrected chi connectivity index (χ0v) is 10.8. The molecule has 0 amide bonds. The molecule has 3 nitrogen and oxygen atoms in total. The maximum absolute atomic E-state index is 13.1. The number of hydrogen-bond donors (Lipinski definition) is 2. The molecule has 0 bridgehead atoms. The molecule has 3 N–H and O–H groups in total. The first kappa shape index (κ1) is 11.9. The predicted molar refractivity (Wildman–Crippen MR) is 70.8 cm³/mol. The van der Waals surface area contributed by atoms with Crippen molar-refractivity contribution in [3.8, 4) is 0 Å². The largest absolute Gasteiger partial charge is 0.396 e. The van der Waals surface area contributed by atoms with Gasteiger partial charge in [0, 0.05) is 10.2 Å². The normalized spacial score (nSPS) is 10.3. The Morgan fingerprint density at radius 2 is 2.06 bits per heavy atom. The highest BCUT2D eigenvalue weighted by Gasteiger charge is 2.06. The van der Waals surface area contributed by atoms with Gasteiger partial charge in [0.1, 0.15) is 5.82 Å². The van der Waals surface area contributed by atoms with Crippen molar-refractivity contribution in [1.29, 1.82) is 0 Å². The van der Waals surface area contributed by atoms with Gasteiger partial charge in [-0.15, -0.1) is 0 Å². The van der Waals surface area contributed by atoms with Crippen molar-refractivity contribution < 1.29 is 4.39 Å². The second-order valence-corrected chi connectivity index (χ2v) is 4.49. The lowest BCUT2D eigenvalue weighted by Crippen LogP contribution is -2.01. The van der Waals surface area contributed by atoms with E-state index in [-0.39, 0.29) is 5.82 Å². The summed E-state index contributed by atoms with van der Waals surface area (Å²) in [6.07, 6.45) is 0. The minimum absolute atomic E-state index is 0.318. The van der Waals surface area contributed by atoms with E-state index in [1.807, 2.05) is 13.0 Å². The molecule has 88 valence electrons. The third-order valence-corrected chi connectivity index (χ3v) is 2.94. The number of nitrogens with one attached hydrogen (secondary N) is 1. The minimum Gasteiger partial charge on any atom is -0.396 e. The molecular formula is C12H11BrFN3. The van der Waals surface area contributed by atoms with Crippen LogP contribution in [0, 0.1) is 12.7 Å². The molecular weight excluding hydrogens is 285 g/mol. The van der Waals surface area contributed by atoms with Gasteiger partial charge in [0.25, 0.3) is 0 Å². The smallest absolute Gasteiger partial charge is 0.153 e. The van der Waals surface area contributed by atoms with Gasteiger partial charge < -0.3 is 11.1 Å². The average Bonchev–Trinajstić information content (AvgIpc) is 2.28. The zero-order chi connectivity index (χ0) is 12.4. The molecule has 0 spiro atoms. The molecule has 2 aromatic rings. The summed E-state index contributed by atoms with van der Waals surface area (Å²) in [6.45, 7) is 1.87. The highest BCUT2D eigenvalue weighted by Crippen LogP contribution is 2.28. The van der Waals surface area contributed by atoms with E-state index in [9.17, 15) is 4.39 Å². The van der Waals surface area contributed by atoms with Crippen molar-refractivity contribution in [3.05, 3.63) is 46.3 Å². The second kappa shape index (κ2) is 4.71. The summed E-state index contributed by atoms with van der Waals surface area (Å²) in [6, 6.07) is 7.97. The van der Waals surface area contributed by atoms with Crippen molar-refractivity contribution in [3.63, 3.8) is 0 Å². The maximum atomic E-state index is 13.1. The van der Waals surface area contributed by atoms with Crippen LogP contribution in [0.4, 0.5) is 21.6 Å². The summed E-state index contributed by atoms with van der Waals surface area (Å²) in [5.74, 6) is 0.207. The summed E-state index contributed by atoms with van der Waals surface area (Å²) in [5.41, 5.74) is 7.75. The lowest BCUT2D eigenvalue weighted by Gasteiger charge is -2.10. The topological polar surface area (TPSA) is 50.9 Å². The van der Waals surface area contributed by atoms with Crippen LogP contribution in [0.2, 0.25) is 0 Å². The molecule has 1 aromatic heterocycles. The number of nitrogens with zero attached hydrogens (tertiary/aromatic N) is 1.